The number of imide groups is 1. The fraction of sp³-hybridized carbons (Fsp3) is 0.154. The lowest BCUT2D eigenvalue weighted by atomic mass is 10.2. The molecule has 0 aliphatic carbocycles. The second kappa shape index (κ2) is 5.03. The molecule has 102 valence electrons. The molecule has 2 N–H and O–H groups in total. The molecule has 0 fully saturated rings. The van der Waals surface area contributed by atoms with E-state index in [0.29, 0.717) is 0 Å². The number of aliphatic hydroxyl groups is 1. The van der Waals surface area contributed by atoms with E-state index in [4.69, 9.17) is 5.11 Å². The van der Waals surface area contributed by atoms with Gasteiger partial charge in [0.05, 0.1) is 18.7 Å². The molecule has 3 rings (SSSR count). The van der Waals surface area contributed by atoms with E-state index >= 15 is 0 Å². The van der Waals surface area contributed by atoms with E-state index in [1.54, 1.807) is 0 Å². The van der Waals surface area contributed by atoms with Gasteiger partial charge in [0, 0.05) is 22.5 Å². The number of anilines is 1. The largest absolute Gasteiger partial charge is 0.395 e. The Bertz CT molecular complexity index is 722. The number of carbonyl (C=O) groups excluding carboxylic acids is 2. The van der Waals surface area contributed by atoms with E-state index in [9.17, 15) is 9.59 Å². The van der Waals surface area contributed by atoms with Crippen molar-refractivity contribution in [2.45, 2.75) is 0 Å². The van der Waals surface area contributed by atoms with Gasteiger partial charge in [0.15, 0.2) is 0 Å². The second-order valence-corrected chi connectivity index (χ2v) is 4.88. The first-order valence-electron chi connectivity index (χ1n) is 5.99. The van der Waals surface area contributed by atoms with Crippen molar-refractivity contribution in [1.29, 1.82) is 0 Å². The maximum absolute atomic E-state index is 12.0. The fourth-order valence-corrected chi connectivity index (χ4v) is 2.73. The third kappa shape index (κ3) is 2.06. The highest BCUT2D eigenvalue weighted by atomic mass is 32.1. The first-order chi connectivity index (χ1) is 9.70. The van der Waals surface area contributed by atoms with Gasteiger partial charge in [-0.3, -0.25) is 14.5 Å². The summed E-state index contributed by atoms with van der Waals surface area (Å²) in [7, 11) is 0. The molecule has 2 aromatic rings. The molecule has 1 aromatic carbocycles. The Hall–Kier alpha value is -2.25. The molecule has 0 unspecified atom stereocenters. The maximum Gasteiger partial charge on any atom is 0.277 e. The van der Waals surface area contributed by atoms with Crippen LogP contribution in [0, 0.1) is 0 Å². The van der Waals surface area contributed by atoms with Gasteiger partial charge in [-0.05, 0) is 23.7 Å². The quantitative estimate of drug-likeness (QED) is 0.819. The van der Waals surface area contributed by atoms with Crippen molar-refractivity contribution < 1.29 is 14.7 Å². The van der Waals surface area contributed by atoms with Crippen molar-refractivity contribution in [1.82, 2.24) is 9.27 Å². The highest BCUT2D eigenvalue weighted by Crippen LogP contribution is 2.26. The third-order valence-corrected chi connectivity index (χ3v) is 3.65. The summed E-state index contributed by atoms with van der Waals surface area (Å²) in [6, 6.07) is 5.53. The number of aliphatic hydroxyl groups excluding tert-OH is 1. The first kappa shape index (κ1) is 12.8. The van der Waals surface area contributed by atoms with Crippen LogP contribution >= 0.6 is 11.5 Å². The van der Waals surface area contributed by atoms with Crippen molar-refractivity contribution in [3.8, 4) is 0 Å². The minimum Gasteiger partial charge on any atom is -0.395 e. The van der Waals surface area contributed by atoms with Crippen LogP contribution in [0.25, 0.3) is 10.9 Å². The Morgan fingerprint density at radius 2 is 2.20 bits per heavy atom. The molecule has 20 heavy (non-hydrogen) atoms. The number of amides is 2. The van der Waals surface area contributed by atoms with Crippen molar-refractivity contribution in [2.75, 3.05) is 18.5 Å². The zero-order chi connectivity index (χ0) is 14.1. The van der Waals surface area contributed by atoms with Gasteiger partial charge in [0.25, 0.3) is 11.8 Å². The van der Waals surface area contributed by atoms with E-state index in [1.165, 1.54) is 17.6 Å². The molecule has 6 nitrogen and oxygen atoms in total. The predicted molar refractivity (Wildman–Crippen MR) is 75.1 cm³/mol. The highest BCUT2D eigenvalue weighted by Gasteiger charge is 2.30. The Morgan fingerprint density at radius 1 is 1.35 bits per heavy atom. The maximum atomic E-state index is 12.0. The van der Waals surface area contributed by atoms with Crippen molar-refractivity contribution >= 4 is 39.9 Å². The second-order valence-electron chi connectivity index (χ2n) is 4.25. The average molecular weight is 289 g/mol. The number of hydrogen-bond acceptors (Lipinski definition) is 6. The summed E-state index contributed by atoms with van der Waals surface area (Å²) in [6.45, 7) is -0.244. The molecule has 1 aromatic heterocycles. The number of β-amino-alcohol motifs (C(OH)–C–C–N with tert-alkyl or cyclic N) is 1. The van der Waals surface area contributed by atoms with E-state index in [-0.39, 0.29) is 18.8 Å². The van der Waals surface area contributed by atoms with Crippen molar-refractivity contribution in [3.63, 3.8) is 0 Å². The standard InChI is InChI=1S/C13H11N3O3S/c17-5-4-16-12(18)6-11(13(16)19)14-9-2-1-3-10-8(9)7-20-15-10/h1-3,6-7,14,17H,4-5H2. The van der Waals surface area contributed by atoms with Crippen LogP contribution < -0.4 is 5.32 Å². The molecule has 1 aliphatic rings. The minimum absolute atomic E-state index is 0.00353. The molecule has 1 aliphatic heterocycles. The number of nitrogens with one attached hydrogen (secondary N) is 1. The SMILES string of the molecule is O=C1C=C(Nc2cccc3nscc23)C(=O)N1CCO. The summed E-state index contributed by atoms with van der Waals surface area (Å²) in [5.41, 5.74) is 1.78. The van der Waals surface area contributed by atoms with Crippen LogP contribution in [0.15, 0.2) is 35.4 Å². The molecule has 0 radical (unpaired) electrons. The summed E-state index contributed by atoms with van der Waals surface area (Å²) >= 11 is 1.33. The first-order valence-corrected chi connectivity index (χ1v) is 6.83. The van der Waals surface area contributed by atoms with Gasteiger partial charge in [-0.15, -0.1) is 0 Å². The van der Waals surface area contributed by atoms with Crippen LogP contribution in [0.2, 0.25) is 0 Å². The number of carbonyl (C=O) groups is 2. The lowest BCUT2D eigenvalue weighted by Crippen LogP contribution is -2.34. The average Bonchev–Trinajstić information content (AvgIpc) is 3.00. The summed E-state index contributed by atoms with van der Waals surface area (Å²) in [6.07, 6.45) is 1.25. The van der Waals surface area contributed by atoms with Crippen molar-refractivity contribution in [3.05, 3.63) is 35.4 Å². The van der Waals surface area contributed by atoms with Gasteiger partial charge in [0.1, 0.15) is 5.70 Å². The van der Waals surface area contributed by atoms with Crippen LogP contribution in [0.1, 0.15) is 0 Å². The molecule has 0 atom stereocenters. The van der Waals surface area contributed by atoms with E-state index in [0.717, 1.165) is 21.5 Å². The number of aromatic nitrogens is 1. The molecular formula is C13H11N3O3S. The smallest absolute Gasteiger partial charge is 0.277 e. The third-order valence-electron chi connectivity index (χ3n) is 3.01. The molecule has 0 saturated heterocycles. The molecule has 0 bridgehead atoms. The Morgan fingerprint density at radius 3 is 3.00 bits per heavy atom. The summed E-state index contributed by atoms with van der Waals surface area (Å²) < 4.78 is 4.22. The number of benzene rings is 1. The monoisotopic (exact) mass is 289 g/mol. The van der Waals surface area contributed by atoms with Gasteiger partial charge < -0.3 is 10.4 Å². The van der Waals surface area contributed by atoms with Gasteiger partial charge in [-0.25, -0.2) is 0 Å². The van der Waals surface area contributed by atoms with E-state index in [2.05, 4.69) is 9.69 Å². The molecule has 2 heterocycles. The fourth-order valence-electron chi connectivity index (χ4n) is 2.06. The van der Waals surface area contributed by atoms with Gasteiger partial charge in [-0.1, -0.05) is 6.07 Å². The van der Waals surface area contributed by atoms with E-state index < -0.39 is 11.8 Å². The van der Waals surface area contributed by atoms with Crippen LogP contribution in [0.4, 0.5) is 5.69 Å². The van der Waals surface area contributed by atoms with Crippen molar-refractivity contribution in [2.24, 2.45) is 0 Å². The topological polar surface area (TPSA) is 82.5 Å². The van der Waals surface area contributed by atoms with Crippen LogP contribution in [0.5, 0.6) is 0 Å². The van der Waals surface area contributed by atoms with E-state index in [1.807, 2.05) is 23.6 Å². The minimum atomic E-state index is -0.427. The molecule has 0 spiro atoms. The zero-order valence-corrected chi connectivity index (χ0v) is 11.2. The molecule has 0 saturated carbocycles. The number of nitrogens with zero attached hydrogens (tertiary/aromatic N) is 2. The summed E-state index contributed by atoms with van der Waals surface area (Å²) in [4.78, 5) is 24.7. The summed E-state index contributed by atoms with van der Waals surface area (Å²) in [5.74, 6) is -0.841. The summed E-state index contributed by atoms with van der Waals surface area (Å²) in [5, 5.41) is 14.6. The molecule has 7 heteroatoms. The van der Waals surface area contributed by atoms with Crippen LogP contribution in [0.3, 0.4) is 0 Å². The molecule has 2 amide bonds. The lowest BCUT2D eigenvalue weighted by Gasteiger charge is -2.13. The van der Waals surface area contributed by atoms with Gasteiger partial charge in [0.2, 0.25) is 0 Å². The van der Waals surface area contributed by atoms with Crippen LogP contribution in [-0.4, -0.2) is 39.3 Å². The Labute approximate surface area is 118 Å². The number of rotatable bonds is 4. The number of hydrogen-bond donors (Lipinski definition) is 2. The lowest BCUT2D eigenvalue weighted by molar-refractivity contribution is -0.137. The zero-order valence-electron chi connectivity index (χ0n) is 10.4. The van der Waals surface area contributed by atoms with Gasteiger partial charge >= 0.3 is 0 Å². The normalized spacial score (nSPS) is 15.1. The predicted octanol–water partition coefficient (Wildman–Crippen LogP) is 0.953. The Kier molecular flexibility index (Phi) is 3.21. The highest BCUT2D eigenvalue weighted by molar-refractivity contribution is 7.04. The molecular weight excluding hydrogens is 278 g/mol. The Balaban J connectivity index is 1.89. The number of fused-ring (bicyclic) bond motifs is 1. The van der Waals surface area contributed by atoms with Crippen LogP contribution in [-0.2, 0) is 9.59 Å². The van der Waals surface area contributed by atoms with Gasteiger partial charge in [-0.2, -0.15) is 4.37 Å².